The number of nitrogens with two attached hydrogens (primary N) is 1. The summed E-state index contributed by atoms with van der Waals surface area (Å²) in [5, 5.41) is 9.82. The smallest absolute Gasteiger partial charge is 0.340 e. The molecule has 3 N–H and O–H groups in total. The van der Waals surface area contributed by atoms with E-state index in [1.54, 1.807) is 6.92 Å². The minimum atomic E-state index is -0.954. The molecule has 18 heavy (non-hydrogen) atoms. The van der Waals surface area contributed by atoms with Crippen LogP contribution in [0.15, 0.2) is 5.03 Å². The molecule has 5 nitrogen and oxygen atoms in total. The monoisotopic (exact) mass is 267 g/mol. The normalized spacial score (nSPS) is 14.8. The Kier molecular flexibility index (Phi) is 4.19. The third-order valence-electron chi connectivity index (χ3n) is 2.82. The molecule has 1 aliphatic carbocycles. The molecule has 0 spiro atoms. The van der Waals surface area contributed by atoms with E-state index in [-0.39, 0.29) is 5.56 Å². The lowest BCUT2D eigenvalue weighted by Crippen LogP contribution is -2.10. The van der Waals surface area contributed by atoms with E-state index in [9.17, 15) is 9.90 Å². The molecule has 1 aliphatic rings. The Morgan fingerprint density at radius 2 is 2.22 bits per heavy atom. The number of aromatic carboxylic acids is 1. The fraction of sp³-hybridized carbons (Fsp3) is 0.583. The van der Waals surface area contributed by atoms with Gasteiger partial charge in [0.1, 0.15) is 16.4 Å². The zero-order valence-corrected chi connectivity index (χ0v) is 11.2. The van der Waals surface area contributed by atoms with Gasteiger partial charge in [0.05, 0.1) is 5.69 Å². The molecule has 1 aromatic rings. The lowest BCUT2D eigenvalue weighted by Gasteiger charge is -2.09. The molecule has 1 fully saturated rings. The van der Waals surface area contributed by atoms with Crippen molar-refractivity contribution >= 4 is 17.7 Å². The maximum Gasteiger partial charge on any atom is 0.340 e. The molecule has 0 aromatic carbocycles. The van der Waals surface area contributed by atoms with Crippen LogP contribution >= 0.6 is 11.8 Å². The average Bonchev–Trinajstić information content (AvgIpc) is 3.11. The molecule has 6 heteroatoms. The summed E-state index contributed by atoms with van der Waals surface area (Å²) in [6.45, 7) is 2.35. The van der Waals surface area contributed by atoms with E-state index in [2.05, 4.69) is 9.97 Å². The number of hydrogen-bond donors (Lipinski definition) is 2. The van der Waals surface area contributed by atoms with Crippen molar-refractivity contribution in [1.82, 2.24) is 9.97 Å². The predicted molar refractivity (Wildman–Crippen MR) is 70.1 cm³/mol. The predicted octanol–water partition coefficient (Wildman–Crippen LogP) is 1.80. The van der Waals surface area contributed by atoms with Gasteiger partial charge >= 0.3 is 5.97 Å². The first-order valence-corrected chi connectivity index (χ1v) is 7.06. The number of carbonyl (C=O) groups is 1. The van der Waals surface area contributed by atoms with E-state index in [1.807, 2.05) is 0 Å². The van der Waals surface area contributed by atoms with Crippen LogP contribution in [-0.4, -0.2) is 33.3 Å². The van der Waals surface area contributed by atoms with Crippen LogP contribution in [0.3, 0.4) is 0 Å². The topological polar surface area (TPSA) is 89.1 Å². The molecule has 0 bridgehead atoms. The third-order valence-corrected chi connectivity index (χ3v) is 3.88. The fourth-order valence-electron chi connectivity index (χ4n) is 1.69. The van der Waals surface area contributed by atoms with Gasteiger partial charge in [-0.25, -0.2) is 14.8 Å². The van der Waals surface area contributed by atoms with Gasteiger partial charge in [0, 0.05) is 11.7 Å². The van der Waals surface area contributed by atoms with Crippen LogP contribution in [0.4, 0.5) is 0 Å². The van der Waals surface area contributed by atoms with E-state index in [0.717, 1.165) is 30.8 Å². The number of carboxylic acid groups (broad SMARTS) is 1. The molecular weight excluding hydrogens is 250 g/mol. The standard InChI is InChI=1S/C12H17N3O2S/c1-7-9(12(16)17)11(18-6-2-5-13)15-10(14-7)8-3-4-8/h8H,2-6,13H2,1H3,(H,16,17). The first kappa shape index (κ1) is 13.3. The summed E-state index contributed by atoms with van der Waals surface area (Å²) in [6.07, 6.45) is 3.07. The Morgan fingerprint density at radius 3 is 2.78 bits per heavy atom. The van der Waals surface area contributed by atoms with Crippen LogP contribution in [0, 0.1) is 6.92 Å². The molecular formula is C12H17N3O2S. The van der Waals surface area contributed by atoms with Crippen molar-refractivity contribution in [2.24, 2.45) is 5.73 Å². The van der Waals surface area contributed by atoms with Crippen molar-refractivity contribution in [2.45, 2.75) is 37.1 Å². The SMILES string of the molecule is Cc1nc(C2CC2)nc(SCCCN)c1C(=O)O. The quantitative estimate of drug-likeness (QED) is 0.464. The Morgan fingerprint density at radius 1 is 1.50 bits per heavy atom. The summed E-state index contributed by atoms with van der Waals surface area (Å²) in [5.41, 5.74) is 6.25. The van der Waals surface area contributed by atoms with Gasteiger partial charge in [-0.05, 0) is 32.7 Å². The minimum Gasteiger partial charge on any atom is -0.478 e. The second-order valence-electron chi connectivity index (χ2n) is 4.42. The highest BCUT2D eigenvalue weighted by atomic mass is 32.2. The van der Waals surface area contributed by atoms with Crippen LogP contribution in [0.1, 0.15) is 47.1 Å². The minimum absolute atomic E-state index is 0.237. The number of thioether (sulfide) groups is 1. The van der Waals surface area contributed by atoms with Crippen molar-refractivity contribution in [1.29, 1.82) is 0 Å². The number of rotatable bonds is 6. The van der Waals surface area contributed by atoms with E-state index >= 15 is 0 Å². The van der Waals surface area contributed by atoms with Crippen molar-refractivity contribution in [3.05, 3.63) is 17.1 Å². The zero-order valence-electron chi connectivity index (χ0n) is 10.3. The second-order valence-corrected chi connectivity index (χ2v) is 5.50. The van der Waals surface area contributed by atoms with Gasteiger partial charge in [-0.3, -0.25) is 0 Å². The third kappa shape index (κ3) is 3.00. The fourth-order valence-corrected chi connectivity index (χ4v) is 2.74. The zero-order chi connectivity index (χ0) is 13.1. The highest BCUT2D eigenvalue weighted by molar-refractivity contribution is 7.99. The molecule has 0 unspecified atom stereocenters. The van der Waals surface area contributed by atoms with Gasteiger partial charge in [-0.15, -0.1) is 11.8 Å². The lowest BCUT2D eigenvalue weighted by molar-refractivity contribution is 0.0690. The first-order valence-electron chi connectivity index (χ1n) is 6.08. The molecule has 1 saturated carbocycles. The Balaban J connectivity index is 2.28. The average molecular weight is 267 g/mol. The van der Waals surface area contributed by atoms with Gasteiger partial charge in [-0.1, -0.05) is 0 Å². The summed E-state index contributed by atoms with van der Waals surface area (Å²) in [7, 11) is 0. The first-order chi connectivity index (χ1) is 8.63. The van der Waals surface area contributed by atoms with E-state index in [4.69, 9.17) is 5.73 Å². The molecule has 1 heterocycles. The van der Waals surface area contributed by atoms with Crippen molar-refractivity contribution in [2.75, 3.05) is 12.3 Å². The molecule has 0 atom stereocenters. The highest BCUT2D eigenvalue weighted by Gasteiger charge is 2.29. The summed E-state index contributed by atoms with van der Waals surface area (Å²) in [6, 6.07) is 0. The molecule has 0 amide bonds. The van der Waals surface area contributed by atoms with Crippen molar-refractivity contribution in [3.8, 4) is 0 Å². The molecule has 0 radical (unpaired) electrons. The van der Waals surface area contributed by atoms with E-state index in [0.29, 0.717) is 23.2 Å². The summed E-state index contributed by atoms with van der Waals surface area (Å²) >= 11 is 1.46. The van der Waals surface area contributed by atoms with Crippen LogP contribution < -0.4 is 5.73 Å². The van der Waals surface area contributed by atoms with Gasteiger partial charge in [-0.2, -0.15) is 0 Å². The Hall–Kier alpha value is -1.14. The van der Waals surface area contributed by atoms with Crippen LogP contribution in [-0.2, 0) is 0 Å². The van der Waals surface area contributed by atoms with Gasteiger partial charge in [0.2, 0.25) is 0 Å². The number of aromatic nitrogens is 2. The van der Waals surface area contributed by atoms with Crippen LogP contribution in [0.5, 0.6) is 0 Å². The van der Waals surface area contributed by atoms with Gasteiger partial charge < -0.3 is 10.8 Å². The van der Waals surface area contributed by atoms with Crippen LogP contribution in [0.2, 0.25) is 0 Å². The maximum absolute atomic E-state index is 11.3. The number of aryl methyl sites for hydroxylation is 1. The molecule has 0 saturated heterocycles. The highest BCUT2D eigenvalue weighted by Crippen LogP contribution is 2.39. The van der Waals surface area contributed by atoms with Crippen LogP contribution in [0.25, 0.3) is 0 Å². The number of hydrogen-bond acceptors (Lipinski definition) is 5. The largest absolute Gasteiger partial charge is 0.478 e. The lowest BCUT2D eigenvalue weighted by atomic mass is 10.2. The van der Waals surface area contributed by atoms with Gasteiger partial charge in [0.15, 0.2) is 0 Å². The summed E-state index contributed by atoms with van der Waals surface area (Å²) in [4.78, 5) is 20.0. The van der Waals surface area contributed by atoms with E-state index < -0.39 is 5.97 Å². The molecule has 98 valence electrons. The maximum atomic E-state index is 11.3. The Labute approximate surface area is 110 Å². The van der Waals surface area contributed by atoms with Crippen molar-refractivity contribution in [3.63, 3.8) is 0 Å². The summed E-state index contributed by atoms with van der Waals surface area (Å²) in [5.74, 6) is 1.07. The molecule has 1 aromatic heterocycles. The Bertz CT molecular complexity index is 461. The second kappa shape index (κ2) is 5.67. The summed E-state index contributed by atoms with van der Waals surface area (Å²) < 4.78 is 0. The van der Waals surface area contributed by atoms with Crippen molar-refractivity contribution < 1.29 is 9.90 Å². The van der Waals surface area contributed by atoms with Gasteiger partial charge in [0.25, 0.3) is 0 Å². The number of nitrogens with zero attached hydrogens (tertiary/aromatic N) is 2. The molecule has 0 aliphatic heterocycles. The number of carboxylic acids is 1. The van der Waals surface area contributed by atoms with E-state index in [1.165, 1.54) is 11.8 Å². The molecule has 2 rings (SSSR count).